The number of methoxy groups -OCH3 is 1. The van der Waals surface area contributed by atoms with E-state index in [1.54, 1.807) is 18.4 Å². The Morgan fingerprint density at radius 2 is 2.10 bits per heavy atom. The van der Waals surface area contributed by atoms with E-state index in [0.29, 0.717) is 12.4 Å². The molecular weight excluding hydrogens is 412 g/mol. The van der Waals surface area contributed by atoms with Crippen LogP contribution >= 0.6 is 11.3 Å². The summed E-state index contributed by atoms with van der Waals surface area (Å²) in [5, 5.41) is 6.86. The van der Waals surface area contributed by atoms with E-state index in [4.69, 9.17) is 20.4 Å². The number of nitrogens with two attached hydrogens (primary N) is 1. The number of thiophene rings is 1. The number of hydrogen-bond acceptors (Lipinski definition) is 8. The van der Waals surface area contributed by atoms with Gasteiger partial charge < -0.3 is 15.8 Å². The minimum atomic E-state index is -0.343. The summed E-state index contributed by atoms with van der Waals surface area (Å²) >= 11 is 1.62. The highest BCUT2D eigenvalue weighted by Crippen LogP contribution is 2.39. The van der Waals surface area contributed by atoms with E-state index in [2.05, 4.69) is 33.7 Å². The second-order valence-corrected chi connectivity index (χ2v) is 9.07. The first-order chi connectivity index (χ1) is 15.1. The number of rotatable bonds is 6. The lowest BCUT2D eigenvalue weighted by molar-refractivity contribution is -0.120. The van der Waals surface area contributed by atoms with E-state index in [0.717, 1.165) is 46.4 Å². The van der Waals surface area contributed by atoms with Gasteiger partial charge in [0.15, 0.2) is 5.82 Å². The number of ether oxygens (including phenoxy) is 1. The molecule has 1 saturated carbocycles. The Kier molecular flexibility index (Phi) is 5.58. The molecule has 4 unspecified atom stereocenters. The van der Waals surface area contributed by atoms with Gasteiger partial charge in [-0.25, -0.2) is 15.4 Å². The fourth-order valence-electron chi connectivity index (χ4n) is 4.78. The third kappa shape index (κ3) is 3.89. The van der Waals surface area contributed by atoms with Gasteiger partial charge in [-0.2, -0.15) is 0 Å². The van der Waals surface area contributed by atoms with Crippen LogP contribution in [0.25, 0.3) is 21.3 Å². The van der Waals surface area contributed by atoms with Gasteiger partial charge in [0.1, 0.15) is 23.3 Å². The molecule has 162 valence electrons. The maximum atomic E-state index is 11.8. The van der Waals surface area contributed by atoms with E-state index in [1.165, 1.54) is 0 Å². The zero-order valence-corrected chi connectivity index (χ0v) is 18.1. The molecule has 2 aliphatic rings. The number of primary amides is 1. The topological polar surface area (TPSA) is 114 Å². The van der Waals surface area contributed by atoms with Crippen molar-refractivity contribution >= 4 is 33.3 Å². The molecule has 8 nitrogen and oxygen atoms in total. The van der Waals surface area contributed by atoms with Crippen LogP contribution in [0.4, 0.5) is 5.82 Å². The van der Waals surface area contributed by atoms with E-state index in [9.17, 15) is 4.79 Å². The van der Waals surface area contributed by atoms with Crippen LogP contribution in [-0.2, 0) is 16.1 Å². The molecule has 9 heteroatoms. The van der Waals surface area contributed by atoms with Gasteiger partial charge in [0, 0.05) is 36.1 Å². The summed E-state index contributed by atoms with van der Waals surface area (Å²) in [4.78, 5) is 22.3. The summed E-state index contributed by atoms with van der Waals surface area (Å²) < 4.78 is 5.29. The second kappa shape index (κ2) is 8.51. The lowest BCUT2D eigenvalue weighted by Crippen LogP contribution is -2.44. The Bertz CT molecular complexity index is 1090. The summed E-state index contributed by atoms with van der Waals surface area (Å²) in [5.74, 6) is 1.34. The van der Waals surface area contributed by atoms with Crippen molar-refractivity contribution < 1.29 is 9.53 Å². The third-order valence-electron chi connectivity index (χ3n) is 6.24. The number of nitrogens with zero attached hydrogens (tertiary/aromatic N) is 2. The first kappa shape index (κ1) is 20.3. The molecule has 2 aromatic heterocycles. The van der Waals surface area contributed by atoms with Crippen molar-refractivity contribution in [2.24, 2.45) is 11.7 Å². The average Bonchev–Trinajstić information content (AvgIpc) is 3.39. The summed E-state index contributed by atoms with van der Waals surface area (Å²) in [6, 6.07) is 10.4. The van der Waals surface area contributed by atoms with Crippen LogP contribution in [0.1, 0.15) is 25.1 Å². The van der Waals surface area contributed by atoms with E-state index in [-0.39, 0.29) is 30.0 Å². The van der Waals surface area contributed by atoms with Gasteiger partial charge in [-0.15, -0.1) is 11.3 Å². The zero-order valence-electron chi connectivity index (χ0n) is 17.3. The normalized spacial score (nSPS) is 25.5. The molecule has 4 atom stereocenters. The van der Waals surface area contributed by atoms with Crippen molar-refractivity contribution in [3.05, 3.63) is 41.5 Å². The predicted molar refractivity (Wildman–Crippen MR) is 121 cm³/mol. The number of aromatic nitrogens is 2. The summed E-state index contributed by atoms with van der Waals surface area (Å²) in [5.41, 5.74) is 14.2. The quantitative estimate of drug-likeness (QED) is 0.467. The van der Waals surface area contributed by atoms with Gasteiger partial charge >= 0.3 is 0 Å². The number of benzene rings is 1. The van der Waals surface area contributed by atoms with Gasteiger partial charge in [0.2, 0.25) is 5.91 Å². The van der Waals surface area contributed by atoms with Gasteiger partial charge in [-0.3, -0.25) is 10.2 Å². The molecular formula is C22H26N6O2S. The highest BCUT2D eigenvalue weighted by Gasteiger charge is 2.43. The van der Waals surface area contributed by atoms with Crippen molar-refractivity contribution in [2.45, 2.75) is 44.0 Å². The molecule has 3 heterocycles. The molecule has 3 aromatic rings. The molecule has 0 spiro atoms. The van der Waals surface area contributed by atoms with E-state index in [1.807, 2.05) is 18.2 Å². The number of amides is 1. The summed E-state index contributed by atoms with van der Waals surface area (Å²) in [6.45, 7) is 0.357. The number of carbonyl (C=O) groups is 1. The van der Waals surface area contributed by atoms with Crippen molar-refractivity contribution in [1.82, 2.24) is 20.8 Å². The molecule has 1 aliphatic heterocycles. The molecule has 1 saturated heterocycles. The van der Waals surface area contributed by atoms with Crippen LogP contribution in [0.5, 0.6) is 0 Å². The molecule has 1 aliphatic carbocycles. The number of carbonyl (C=O) groups excluding carboxylic acids is 1. The molecule has 5 N–H and O–H groups in total. The Labute approximate surface area is 184 Å². The highest BCUT2D eigenvalue weighted by molar-refractivity contribution is 7.17. The van der Waals surface area contributed by atoms with Gasteiger partial charge in [0.05, 0.1) is 5.39 Å². The molecule has 0 bridgehead atoms. The van der Waals surface area contributed by atoms with Crippen LogP contribution < -0.4 is 21.9 Å². The highest BCUT2D eigenvalue weighted by atomic mass is 32.1. The SMILES string of the molecule is COCc1nc(NC2CCC3NNC(C(N)=O)C3C2)c2c(-c3ccccc3)csc2n1. The third-order valence-corrected chi connectivity index (χ3v) is 7.11. The number of hydrazine groups is 1. The lowest BCUT2D eigenvalue weighted by atomic mass is 9.79. The molecule has 5 rings (SSSR count). The monoisotopic (exact) mass is 438 g/mol. The molecule has 0 radical (unpaired) electrons. The summed E-state index contributed by atoms with van der Waals surface area (Å²) in [6.07, 6.45) is 2.79. The zero-order chi connectivity index (χ0) is 21.4. The van der Waals surface area contributed by atoms with Gasteiger partial charge in [-0.05, 0) is 24.8 Å². The van der Waals surface area contributed by atoms with Crippen LogP contribution in [0.15, 0.2) is 35.7 Å². The number of fused-ring (bicyclic) bond motifs is 2. The van der Waals surface area contributed by atoms with Crippen molar-refractivity contribution in [3.63, 3.8) is 0 Å². The Morgan fingerprint density at radius 1 is 1.26 bits per heavy atom. The molecule has 1 aromatic carbocycles. The minimum Gasteiger partial charge on any atom is -0.377 e. The number of nitrogens with one attached hydrogen (secondary N) is 3. The minimum absolute atomic E-state index is 0.163. The molecule has 31 heavy (non-hydrogen) atoms. The predicted octanol–water partition coefficient (Wildman–Crippen LogP) is 2.42. The van der Waals surface area contributed by atoms with E-state index >= 15 is 0 Å². The average molecular weight is 439 g/mol. The van der Waals surface area contributed by atoms with Crippen LogP contribution in [-0.4, -0.2) is 41.1 Å². The Balaban J connectivity index is 1.49. The first-order valence-corrected chi connectivity index (χ1v) is 11.4. The standard InChI is InChI=1S/C22H26N6O2S/c1-30-10-17-25-21(18-15(11-31-22(18)26-17)12-5-3-2-4-6-12)24-13-7-8-16-14(9-13)19(20(23)29)28-27-16/h2-6,11,13-14,16,19,27-28H,7-10H2,1H3,(H2,23,29)(H,24,25,26). The van der Waals surface area contributed by atoms with Gasteiger partial charge in [-0.1, -0.05) is 30.3 Å². The van der Waals surface area contributed by atoms with Crippen LogP contribution in [0.3, 0.4) is 0 Å². The smallest absolute Gasteiger partial charge is 0.236 e. The number of anilines is 1. The maximum absolute atomic E-state index is 11.8. The fourth-order valence-corrected chi connectivity index (χ4v) is 5.74. The Morgan fingerprint density at radius 3 is 2.87 bits per heavy atom. The Hall–Kier alpha value is -2.59. The fraction of sp³-hybridized carbons (Fsp3) is 0.409. The number of hydrogen-bond donors (Lipinski definition) is 4. The van der Waals surface area contributed by atoms with Crippen molar-refractivity contribution in [2.75, 3.05) is 12.4 Å². The van der Waals surface area contributed by atoms with Gasteiger partial charge in [0.25, 0.3) is 0 Å². The van der Waals surface area contributed by atoms with Crippen molar-refractivity contribution in [1.29, 1.82) is 0 Å². The van der Waals surface area contributed by atoms with E-state index < -0.39 is 0 Å². The van der Waals surface area contributed by atoms with Crippen molar-refractivity contribution in [3.8, 4) is 11.1 Å². The maximum Gasteiger partial charge on any atom is 0.236 e. The first-order valence-electron chi connectivity index (χ1n) is 10.5. The molecule has 1 amide bonds. The summed E-state index contributed by atoms with van der Waals surface area (Å²) in [7, 11) is 1.65. The lowest BCUT2D eigenvalue weighted by Gasteiger charge is -2.33. The second-order valence-electron chi connectivity index (χ2n) is 8.21. The largest absolute Gasteiger partial charge is 0.377 e. The van der Waals surface area contributed by atoms with Crippen LogP contribution in [0.2, 0.25) is 0 Å². The van der Waals surface area contributed by atoms with Crippen LogP contribution in [0, 0.1) is 5.92 Å². The molecule has 2 fully saturated rings.